The number of hydrogen-bond donors (Lipinski definition) is 4. The van der Waals surface area contributed by atoms with Crippen molar-refractivity contribution >= 4 is 45.7 Å². The van der Waals surface area contributed by atoms with E-state index in [1.54, 1.807) is 6.92 Å². The normalized spacial score (nSPS) is 11.1. The predicted octanol–water partition coefficient (Wildman–Crippen LogP) is 3.45. The van der Waals surface area contributed by atoms with Crippen molar-refractivity contribution in [1.29, 1.82) is 0 Å². The topological polar surface area (TPSA) is 125 Å². The van der Waals surface area contributed by atoms with Crippen LogP contribution in [-0.2, 0) is 9.59 Å². The van der Waals surface area contributed by atoms with E-state index in [0.717, 1.165) is 16.3 Å². The second kappa shape index (κ2) is 10.9. The maximum Gasteiger partial charge on any atom is 0.337 e. The lowest BCUT2D eigenvalue weighted by atomic mass is 10.0. The van der Waals surface area contributed by atoms with Crippen LogP contribution >= 0.6 is 0 Å². The van der Waals surface area contributed by atoms with Crippen molar-refractivity contribution in [3.05, 3.63) is 83.4 Å². The predicted molar refractivity (Wildman–Crippen MR) is 131 cm³/mol. The average molecular weight is 460 g/mol. The largest absolute Gasteiger partial charge is 0.478 e. The van der Waals surface area contributed by atoms with Crippen LogP contribution in [0.2, 0.25) is 0 Å². The third kappa shape index (κ3) is 6.29. The molecule has 0 fully saturated rings. The molecule has 0 spiro atoms. The number of rotatable bonds is 8. The number of allylic oxidation sites excluding steroid dienone is 1. The van der Waals surface area contributed by atoms with Crippen molar-refractivity contribution < 1.29 is 24.3 Å². The SMILES string of the molecule is CC(=O)NCCNC(=O)c1ccc(C(=O)O)c(NC(=O)C=C(C)c2ccc3ccccc3c2)c1. The first-order valence-corrected chi connectivity index (χ1v) is 10.6. The molecule has 3 amide bonds. The highest BCUT2D eigenvalue weighted by Gasteiger charge is 2.15. The summed E-state index contributed by atoms with van der Waals surface area (Å²) in [5.41, 5.74) is 1.61. The molecule has 0 unspecified atom stereocenters. The smallest absolute Gasteiger partial charge is 0.337 e. The number of carboxylic acid groups (broad SMARTS) is 1. The van der Waals surface area contributed by atoms with Crippen LogP contribution in [-0.4, -0.2) is 41.9 Å². The Kier molecular flexibility index (Phi) is 7.76. The van der Waals surface area contributed by atoms with Gasteiger partial charge in [-0.2, -0.15) is 0 Å². The summed E-state index contributed by atoms with van der Waals surface area (Å²) < 4.78 is 0. The van der Waals surface area contributed by atoms with Gasteiger partial charge >= 0.3 is 5.97 Å². The molecule has 8 nitrogen and oxygen atoms in total. The van der Waals surface area contributed by atoms with E-state index >= 15 is 0 Å². The molecular weight excluding hydrogens is 434 g/mol. The molecule has 0 aliphatic carbocycles. The monoisotopic (exact) mass is 459 g/mol. The maximum atomic E-state index is 12.7. The van der Waals surface area contributed by atoms with Crippen molar-refractivity contribution in [2.45, 2.75) is 13.8 Å². The maximum absolute atomic E-state index is 12.7. The highest BCUT2D eigenvalue weighted by Crippen LogP contribution is 2.22. The number of anilines is 1. The van der Waals surface area contributed by atoms with Gasteiger partial charge in [-0.25, -0.2) is 4.79 Å². The van der Waals surface area contributed by atoms with Crippen LogP contribution in [0.3, 0.4) is 0 Å². The van der Waals surface area contributed by atoms with Gasteiger partial charge in [-0.15, -0.1) is 0 Å². The minimum Gasteiger partial charge on any atom is -0.478 e. The molecule has 34 heavy (non-hydrogen) atoms. The van der Waals surface area contributed by atoms with Crippen molar-refractivity contribution in [2.24, 2.45) is 0 Å². The number of amides is 3. The fraction of sp³-hybridized carbons (Fsp3) is 0.154. The Balaban J connectivity index is 1.77. The van der Waals surface area contributed by atoms with Gasteiger partial charge in [-0.1, -0.05) is 36.4 Å². The number of hydrogen-bond acceptors (Lipinski definition) is 4. The van der Waals surface area contributed by atoms with Crippen LogP contribution in [0, 0.1) is 0 Å². The number of carboxylic acids is 1. The molecular formula is C26H25N3O5. The van der Waals surface area contributed by atoms with Gasteiger partial charge < -0.3 is 21.1 Å². The lowest BCUT2D eigenvalue weighted by Crippen LogP contribution is -2.33. The molecule has 0 aliphatic heterocycles. The Morgan fingerprint density at radius 1 is 0.824 bits per heavy atom. The number of nitrogens with one attached hydrogen (secondary N) is 3. The van der Waals surface area contributed by atoms with Crippen molar-refractivity contribution in [3.8, 4) is 0 Å². The minimum atomic E-state index is -1.23. The first-order chi connectivity index (χ1) is 16.2. The molecule has 4 N–H and O–H groups in total. The Morgan fingerprint density at radius 2 is 1.50 bits per heavy atom. The second-order valence-electron chi connectivity index (χ2n) is 7.68. The molecule has 0 aliphatic rings. The van der Waals surface area contributed by atoms with E-state index in [1.807, 2.05) is 42.5 Å². The molecule has 0 heterocycles. The van der Waals surface area contributed by atoms with Crippen LogP contribution < -0.4 is 16.0 Å². The summed E-state index contributed by atoms with van der Waals surface area (Å²) in [5, 5.41) is 19.4. The van der Waals surface area contributed by atoms with E-state index in [9.17, 15) is 24.3 Å². The van der Waals surface area contributed by atoms with Crippen LogP contribution in [0.5, 0.6) is 0 Å². The summed E-state index contributed by atoms with van der Waals surface area (Å²) in [4.78, 5) is 47.6. The molecule has 3 aromatic rings. The van der Waals surface area contributed by atoms with Gasteiger partial charge in [0.25, 0.3) is 5.91 Å². The van der Waals surface area contributed by atoms with E-state index < -0.39 is 17.8 Å². The van der Waals surface area contributed by atoms with Crippen molar-refractivity contribution in [3.63, 3.8) is 0 Å². The van der Waals surface area contributed by atoms with E-state index in [0.29, 0.717) is 5.57 Å². The zero-order chi connectivity index (χ0) is 24.7. The Morgan fingerprint density at radius 3 is 2.21 bits per heavy atom. The summed E-state index contributed by atoms with van der Waals surface area (Å²) in [6.45, 7) is 3.63. The second-order valence-corrected chi connectivity index (χ2v) is 7.68. The van der Waals surface area contributed by atoms with Gasteiger partial charge in [0.15, 0.2) is 0 Å². The molecule has 3 rings (SSSR count). The molecule has 8 heteroatoms. The molecule has 0 aromatic heterocycles. The molecule has 0 radical (unpaired) electrons. The summed E-state index contributed by atoms with van der Waals surface area (Å²) >= 11 is 0. The Hall–Kier alpha value is -4.46. The molecule has 0 saturated heterocycles. The number of carbonyl (C=O) groups is 4. The Labute approximate surface area is 196 Å². The van der Waals surface area contributed by atoms with E-state index in [-0.39, 0.29) is 35.8 Å². The van der Waals surface area contributed by atoms with Crippen LogP contribution in [0.1, 0.15) is 40.1 Å². The van der Waals surface area contributed by atoms with Crippen LogP contribution in [0.4, 0.5) is 5.69 Å². The third-order valence-electron chi connectivity index (χ3n) is 5.11. The van der Waals surface area contributed by atoms with Crippen LogP contribution in [0.25, 0.3) is 16.3 Å². The lowest BCUT2D eigenvalue weighted by molar-refractivity contribution is -0.119. The quantitative estimate of drug-likeness (QED) is 0.303. The lowest BCUT2D eigenvalue weighted by Gasteiger charge is -2.11. The fourth-order valence-electron chi connectivity index (χ4n) is 3.38. The standard InChI is InChI=1S/C26H25N3O5/c1-16(19-8-7-18-5-3-4-6-20(18)14-19)13-24(31)29-23-15-21(9-10-22(23)26(33)34)25(32)28-12-11-27-17(2)30/h3-10,13-15H,11-12H2,1-2H3,(H,27,30)(H,28,32)(H,29,31)(H,33,34). The Bertz CT molecular complexity index is 1300. The van der Waals surface area contributed by atoms with E-state index in [2.05, 4.69) is 16.0 Å². The minimum absolute atomic E-state index is 0.00886. The van der Waals surface area contributed by atoms with Gasteiger partial charge in [0.1, 0.15) is 0 Å². The average Bonchev–Trinajstić information content (AvgIpc) is 2.80. The molecule has 0 atom stereocenters. The van der Waals surface area contributed by atoms with Gasteiger partial charge in [0.2, 0.25) is 11.8 Å². The highest BCUT2D eigenvalue weighted by molar-refractivity contribution is 6.08. The van der Waals surface area contributed by atoms with Gasteiger partial charge in [-0.3, -0.25) is 14.4 Å². The number of aromatic carboxylic acids is 1. The zero-order valence-corrected chi connectivity index (χ0v) is 18.8. The zero-order valence-electron chi connectivity index (χ0n) is 18.8. The fourth-order valence-corrected chi connectivity index (χ4v) is 3.38. The number of carbonyl (C=O) groups excluding carboxylic acids is 3. The van der Waals surface area contributed by atoms with Gasteiger partial charge in [0.05, 0.1) is 11.3 Å². The summed E-state index contributed by atoms with van der Waals surface area (Å²) in [5.74, 6) is -2.42. The summed E-state index contributed by atoms with van der Waals surface area (Å²) in [7, 11) is 0. The molecule has 0 bridgehead atoms. The first kappa shape index (κ1) is 24.2. The summed E-state index contributed by atoms with van der Waals surface area (Å²) in [6, 6.07) is 17.7. The van der Waals surface area contributed by atoms with Crippen molar-refractivity contribution in [1.82, 2.24) is 10.6 Å². The number of benzene rings is 3. The number of fused-ring (bicyclic) bond motifs is 1. The van der Waals surface area contributed by atoms with E-state index in [1.165, 1.54) is 31.2 Å². The van der Waals surface area contributed by atoms with Crippen LogP contribution in [0.15, 0.2) is 66.7 Å². The van der Waals surface area contributed by atoms with Gasteiger partial charge in [0, 0.05) is 31.7 Å². The molecule has 3 aromatic carbocycles. The van der Waals surface area contributed by atoms with Gasteiger partial charge in [-0.05, 0) is 53.1 Å². The summed E-state index contributed by atoms with van der Waals surface area (Å²) in [6.07, 6.45) is 1.38. The third-order valence-corrected chi connectivity index (χ3v) is 5.11. The van der Waals surface area contributed by atoms with E-state index in [4.69, 9.17) is 0 Å². The highest BCUT2D eigenvalue weighted by atomic mass is 16.4. The first-order valence-electron chi connectivity index (χ1n) is 10.6. The molecule has 174 valence electrons. The van der Waals surface area contributed by atoms with Crippen molar-refractivity contribution in [2.75, 3.05) is 18.4 Å². The molecule has 0 saturated carbocycles.